The lowest BCUT2D eigenvalue weighted by Gasteiger charge is -2.15. The molecular weight excluding hydrogens is 461 g/mol. The predicted octanol–water partition coefficient (Wildman–Crippen LogP) is 4.01. The van der Waals surface area contributed by atoms with Crippen molar-refractivity contribution in [3.05, 3.63) is 66.0 Å². The number of nitrogens with zero attached hydrogens (tertiary/aromatic N) is 2. The molecule has 0 aliphatic heterocycles. The number of guanidine groups is 1. The number of aromatic nitrogens is 2. The summed E-state index contributed by atoms with van der Waals surface area (Å²) in [5.74, 6) is 1.89. The van der Waals surface area contributed by atoms with Crippen LogP contribution in [0.1, 0.15) is 31.2 Å². The van der Waals surface area contributed by atoms with Crippen molar-refractivity contribution >= 4 is 41.0 Å². The normalized spacial score (nSPS) is 15.1. The second kappa shape index (κ2) is 9.41. The third kappa shape index (κ3) is 4.84. The van der Waals surface area contributed by atoms with Crippen LogP contribution in [-0.2, 0) is 11.8 Å². The standard InChI is InChI=1S/C22H27N5.HI/c1-2-23-21(25-16-22(13-14-22)17-8-4-3-5-9-17)24-15-12-20-26-18-10-6-7-11-19(18)27-20;/h3-11H,2,12-16H2,1H3,(H,26,27)(H2,23,24,25);1H. The Morgan fingerprint density at radius 1 is 1.07 bits per heavy atom. The first-order valence-corrected chi connectivity index (χ1v) is 9.80. The van der Waals surface area contributed by atoms with E-state index in [-0.39, 0.29) is 29.4 Å². The van der Waals surface area contributed by atoms with Crippen molar-refractivity contribution in [2.75, 3.05) is 19.6 Å². The highest BCUT2D eigenvalue weighted by Gasteiger charge is 2.43. The van der Waals surface area contributed by atoms with Crippen molar-refractivity contribution < 1.29 is 0 Å². The molecule has 1 fully saturated rings. The number of benzene rings is 2. The van der Waals surface area contributed by atoms with E-state index in [1.807, 2.05) is 18.2 Å². The molecule has 0 radical (unpaired) electrons. The van der Waals surface area contributed by atoms with Crippen molar-refractivity contribution in [2.24, 2.45) is 4.99 Å². The number of aliphatic imine (C=N–C) groups is 1. The second-order valence-corrected chi connectivity index (χ2v) is 7.22. The highest BCUT2D eigenvalue weighted by Crippen LogP contribution is 2.48. The molecule has 3 N–H and O–H groups in total. The average Bonchev–Trinajstić information content (AvgIpc) is 3.39. The summed E-state index contributed by atoms with van der Waals surface area (Å²) in [6, 6.07) is 18.9. The molecule has 0 atom stereocenters. The van der Waals surface area contributed by atoms with Crippen LogP contribution in [0.15, 0.2) is 59.6 Å². The Morgan fingerprint density at radius 2 is 1.82 bits per heavy atom. The first-order chi connectivity index (χ1) is 13.3. The molecule has 0 spiro atoms. The highest BCUT2D eigenvalue weighted by molar-refractivity contribution is 14.0. The van der Waals surface area contributed by atoms with Gasteiger partial charge in [-0.1, -0.05) is 42.5 Å². The van der Waals surface area contributed by atoms with Crippen LogP contribution in [0.5, 0.6) is 0 Å². The molecule has 0 amide bonds. The van der Waals surface area contributed by atoms with E-state index in [9.17, 15) is 0 Å². The lowest BCUT2D eigenvalue weighted by atomic mass is 9.96. The Bertz CT molecular complexity index is 882. The molecule has 5 nitrogen and oxygen atoms in total. The first kappa shape index (κ1) is 20.6. The predicted molar refractivity (Wildman–Crippen MR) is 127 cm³/mol. The van der Waals surface area contributed by atoms with Crippen LogP contribution in [0.2, 0.25) is 0 Å². The lowest BCUT2D eigenvalue weighted by molar-refractivity contribution is 0.691. The van der Waals surface area contributed by atoms with Crippen molar-refractivity contribution in [1.82, 2.24) is 20.6 Å². The van der Waals surface area contributed by atoms with E-state index < -0.39 is 0 Å². The van der Waals surface area contributed by atoms with Crippen molar-refractivity contribution in [1.29, 1.82) is 0 Å². The summed E-state index contributed by atoms with van der Waals surface area (Å²) < 4.78 is 0. The van der Waals surface area contributed by atoms with E-state index in [2.05, 4.69) is 63.9 Å². The zero-order valence-electron chi connectivity index (χ0n) is 16.2. The Labute approximate surface area is 183 Å². The van der Waals surface area contributed by atoms with Crippen LogP contribution < -0.4 is 10.6 Å². The molecule has 0 unspecified atom stereocenters. The van der Waals surface area contributed by atoms with Gasteiger partial charge in [0.2, 0.25) is 0 Å². The van der Waals surface area contributed by atoms with Crippen LogP contribution in [0, 0.1) is 0 Å². The van der Waals surface area contributed by atoms with Gasteiger partial charge in [0.25, 0.3) is 0 Å². The average molecular weight is 489 g/mol. The van der Waals surface area contributed by atoms with Gasteiger partial charge in [0.15, 0.2) is 5.96 Å². The van der Waals surface area contributed by atoms with Crippen LogP contribution in [0.25, 0.3) is 11.0 Å². The molecule has 3 aromatic rings. The quantitative estimate of drug-likeness (QED) is 0.267. The van der Waals surface area contributed by atoms with Gasteiger partial charge in [-0.25, -0.2) is 4.98 Å². The van der Waals surface area contributed by atoms with Gasteiger partial charge in [-0.15, -0.1) is 24.0 Å². The molecule has 1 aromatic heterocycles. The second-order valence-electron chi connectivity index (χ2n) is 7.22. The molecule has 1 aliphatic rings. The highest BCUT2D eigenvalue weighted by atomic mass is 127. The Balaban J connectivity index is 0.00000225. The summed E-state index contributed by atoms with van der Waals surface area (Å²) >= 11 is 0. The SMILES string of the molecule is CCNC(=NCC1(c2ccccc2)CC1)NCCc1nc2ccccc2[nH]1.I. The number of nitrogens with one attached hydrogen (secondary N) is 3. The fourth-order valence-electron chi connectivity index (χ4n) is 3.48. The largest absolute Gasteiger partial charge is 0.357 e. The number of para-hydroxylation sites is 2. The Morgan fingerprint density at radius 3 is 2.54 bits per heavy atom. The van der Waals surface area contributed by atoms with Gasteiger partial charge in [-0.3, -0.25) is 4.99 Å². The number of imidazole rings is 1. The lowest BCUT2D eigenvalue weighted by Crippen LogP contribution is -2.39. The van der Waals surface area contributed by atoms with Gasteiger partial charge in [0.05, 0.1) is 17.6 Å². The molecule has 2 aromatic carbocycles. The van der Waals surface area contributed by atoms with Crippen LogP contribution in [-0.4, -0.2) is 35.6 Å². The molecule has 6 heteroatoms. The number of H-pyrrole nitrogens is 1. The van der Waals surface area contributed by atoms with E-state index in [0.29, 0.717) is 0 Å². The maximum absolute atomic E-state index is 4.86. The number of hydrogen-bond donors (Lipinski definition) is 3. The van der Waals surface area contributed by atoms with Crippen LogP contribution in [0.3, 0.4) is 0 Å². The molecule has 1 aliphatic carbocycles. The molecule has 4 rings (SSSR count). The summed E-state index contributed by atoms with van der Waals surface area (Å²) in [6.07, 6.45) is 3.28. The summed E-state index contributed by atoms with van der Waals surface area (Å²) in [5.41, 5.74) is 3.76. The van der Waals surface area contributed by atoms with Crippen molar-refractivity contribution in [3.8, 4) is 0 Å². The zero-order chi connectivity index (χ0) is 18.5. The maximum Gasteiger partial charge on any atom is 0.191 e. The fourth-order valence-corrected chi connectivity index (χ4v) is 3.48. The summed E-state index contributed by atoms with van der Waals surface area (Å²) in [6.45, 7) is 4.58. The van der Waals surface area contributed by atoms with E-state index in [0.717, 1.165) is 48.9 Å². The minimum Gasteiger partial charge on any atom is -0.357 e. The van der Waals surface area contributed by atoms with Gasteiger partial charge in [-0.2, -0.15) is 0 Å². The zero-order valence-corrected chi connectivity index (χ0v) is 18.6. The Kier molecular flexibility index (Phi) is 6.93. The Hall–Kier alpha value is -2.09. The maximum atomic E-state index is 4.86. The van der Waals surface area contributed by atoms with Gasteiger partial charge in [-0.05, 0) is 37.5 Å². The van der Waals surface area contributed by atoms with E-state index in [1.54, 1.807) is 0 Å². The van der Waals surface area contributed by atoms with Crippen LogP contribution >= 0.6 is 24.0 Å². The molecular formula is C22H28IN5. The summed E-state index contributed by atoms with van der Waals surface area (Å²) in [5, 5.41) is 6.80. The summed E-state index contributed by atoms with van der Waals surface area (Å²) in [7, 11) is 0. The number of rotatable bonds is 7. The molecule has 148 valence electrons. The molecule has 1 saturated carbocycles. The van der Waals surface area contributed by atoms with Crippen molar-refractivity contribution in [2.45, 2.75) is 31.6 Å². The van der Waals surface area contributed by atoms with Gasteiger partial charge in [0, 0.05) is 24.9 Å². The van der Waals surface area contributed by atoms with E-state index >= 15 is 0 Å². The number of aromatic amines is 1. The topological polar surface area (TPSA) is 65.1 Å². The van der Waals surface area contributed by atoms with Crippen LogP contribution in [0.4, 0.5) is 0 Å². The number of halogens is 1. The van der Waals surface area contributed by atoms with Gasteiger partial charge in [0.1, 0.15) is 5.82 Å². The third-order valence-corrected chi connectivity index (χ3v) is 5.22. The number of hydrogen-bond acceptors (Lipinski definition) is 2. The number of fused-ring (bicyclic) bond motifs is 1. The monoisotopic (exact) mass is 489 g/mol. The molecule has 1 heterocycles. The molecule has 0 saturated heterocycles. The van der Waals surface area contributed by atoms with E-state index in [1.165, 1.54) is 18.4 Å². The van der Waals surface area contributed by atoms with Gasteiger partial charge >= 0.3 is 0 Å². The van der Waals surface area contributed by atoms with Crippen molar-refractivity contribution in [3.63, 3.8) is 0 Å². The summed E-state index contributed by atoms with van der Waals surface area (Å²) in [4.78, 5) is 12.9. The third-order valence-electron chi connectivity index (χ3n) is 5.22. The fraction of sp³-hybridized carbons (Fsp3) is 0.364. The smallest absolute Gasteiger partial charge is 0.191 e. The molecule has 0 bridgehead atoms. The van der Waals surface area contributed by atoms with Gasteiger partial charge < -0.3 is 15.6 Å². The van der Waals surface area contributed by atoms with E-state index in [4.69, 9.17) is 4.99 Å². The molecule has 28 heavy (non-hydrogen) atoms. The minimum atomic E-state index is 0. The minimum absolute atomic E-state index is 0. The first-order valence-electron chi connectivity index (χ1n) is 9.80.